The number of rotatable bonds is 12. The quantitative estimate of drug-likeness (QED) is 0.0814. The summed E-state index contributed by atoms with van der Waals surface area (Å²) in [6, 6.07) is 23.8. The number of hydrogen-bond acceptors (Lipinski definition) is 6. The van der Waals surface area contributed by atoms with Crippen molar-refractivity contribution >= 4 is 52.7 Å². The first-order valence-electron chi connectivity index (χ1n) is 17.3. The van der Waals surface area contributed by atoms with Gasteiger partial charge in [-0.15, -0.1) is 0 Å². The van der Waals surface area contributed by atoms with Gasteiger partial charge in [0.05, 0.1) is 22.2 Å². The average molecular weight is 749 g/mol. The highest BCUT2D eigenvalue weighted by Gasteiger charge is 2.46. The van der Waals surface area contributed by atoms with Crippen molar-refractivity contribution in [3.63, 3.8) is 0 Å². The summed E-state index contributed by atoms with van der Waals surface area (Å²) in [5, 5.41) is 0.939. The van der Waals surface area contributed by atoms with Crippen molar-refractivity contribution in [1.82, 2.24) is 8.87 Å². The molecule has 272 valence electrons. The van der Waals surface area contributed by atoms with Gasteiger partial charge < -0.3 is 14.1 Å². The zero-order valence-electron chi connectivity index (χ0n) is 30.7. The summed E-state index contributed by atoms with van der Waals surface area (Å²) in [4.78, 5) is 29.2. The first kappa shape index (κ1) is 38.5. The van der Waals surface area contributed by atoms with Crippen LogP contribution in [0.5, 0.6) is 0 Å². The van der Waals surface area contributed by atoms with Crippen LogP contribution in [0, 0.1) is 5.92 Å². The molecule has 1 aliphatic rings. The van der Waals surface area contributed by atoms with Crippen LogP contribution in [0.3, 0.4) is 0 Å². The molecule has 0 bridgehead atoms. The number of halogens is 1. The van der Waals surface area contributed by atoms with Crippen molar-refractivity contribution in [3.05, 3.63) is 113 Å². The third kappa shape index (κ3) is 9.03. The predicted molar refractivity (Wildman–Crippen MR) is 206 cm³/mol. The van der Waals surface area contributed by atoms with Crippen LogP contribution in [0.15, 0.2) is 102 Å². The van der Waals surface area contributed by atoms with E-state index in [1.807, 2.05) is 36.4 Å². The fourth-order valence-corrected chi connectivity index (χ4v) is 8.81. The van der Waals surface area contributed by atoms with E-state index >= 15 is 0 Å². The molecule has 3 aromatic carbocycles. The molecule has 2 atom stereocenters. The first-order chi connectivity index (χ1) is 23.8. The number of carbonyl (C=O) groups excluding carboxylic acids is 2. The van der Waals surface area contributed by atoms with Gasteiger partial charge in [-0.05, 0) is 99.6 Å². The number of ether oxygens (including phenoxy) is 1. The molecule has 1 aromatic heterocycles. The van der Waals surface area contributed by atoms with Gasteiger partial charge >= 0.3 is 5.97 Å². The lowest BCUT2D eigenvalue weighted by Crippen LogP contribution is -2.47. The Balaban J connectivity index is 1.83. The molecular weight excluding hydrogens is 700 g/mol. The molecule has 1 heterocycles. The highest BCUT2D eigenvalue weighted by atomic mass is 35.5. The van der Waals surface area contributed by atoms with Crippen molar-refractivity contribution in [1.29, 1.82) is 0 Å². The lowest BCUT2D eigenvalue weighted by atomic mass is 9.97. The number of para-hydroxylation sites is 1. The smallest absolute Gasteiger partial charge is 0.331 e. The van der Waals surface area contributed by atoms with Gasteiger partial charge in [-0.1, -0.05) is 80.9 Å². The minimum atomic E-state index is -4.20. The summed E-state index contributed by atoms with van der Waals surface area (Å²) in [5.74, 6) is -0.913. The van der Waals surface area contributed by atoms with Gasteiger partial charge in [-0.25, -0.2) is 17.2 Å². The van der Waals surface area contributed by atoms with E-state index in [9.17, 15) is 18.0 Å². The Morgan fingerprint density at radius 1 is 0.922 bits per heavy atom. The highest BCUT2D eigenvalue weighted by molar-refractivity contribution is 7.90. The van der Waals surface area contributed by atoms with Gasteiger partial charge in [0.15, 0.2) is 8.32 Å². The molecule has 0 spiro atoms. The van der Waals surface area contributed by atoms with Gasteiger partial charge in [0.2, 0.25) is 5.91 Å². The second-order valence-corrected chi connectivity index (χ2v) is 22.8. The van der Waals surface area contributed by atoms with E-state index in [2.05, 4.69) is 33.9 Å². The SMILES string of the molecule is CC(C)(C)OC(=O)/C=C/C(=O)N(CC1CC1)[C@H](c1cc2ccccc2n1S(=O)(=O)c1ccccc1)[C@H](O[Si](C)(C)C(C)(C)C)c1cccc(Cl)c1. The Bertz CT molecular complexity index is 2020. The van der Waals surface area contributed by atoms with Gasteiger partial charge in [-0.3, -0.25) is 4.79 Å². The van der Waals surface area contributed by atoms with Crippen molar-refractivity contribution in [2.75, 3.05) is 6.54 Å². The van der Waals surface area contributed by atoms with Gasteiger partial charge in [0.25, 0.3) is 10.0 Å². The molecule has 5 rings (SSSR count). The van der Waals surface area contributed by atoms with Crippen molar-refractivity contribution in [2.24, 2.45) is 5.92 Å². The van der Waals surface area contributed by atoms with Crippen molar-refractivity contribution in [2.45, 2.75) is 95.2 Å². The standard InChI is InChI=1S/C40H49ClN2O6SSi/c1-39(2,3)48-36(45)24-23-35(44)42(27-28-21-22-28)37(38(30-16-14-17-31(41)25-30)49-51(7,8)40(4,5)6)34-26-29-15-12-13-20-33(29)43(34)50(46,47)32-18-10-9-11-19-32/h9-20,23-26,28,37-38H,21-22,27H2,1-8H3/b24-23+/t37-,38-/m1/s1. The molecule has 1 aliphatic carbocycles. The number of nitrogens with zero attached hydrogens (tertiary/aromatic N) is 2. The van der Waals surface area contributed by atoms with Crippen molar-refractivity contribution < 1.29 is 27.2 Å². The lowest BCUT2D eigenvalue weighted by molar-refractivity contribution is -0.148. The number of hydrogen-bond donors (Lipinski definition) is 0. The predicted octanol–water partition coefficient (Wildman–Crippen LogP) is 9.47. The maximum atomic E-state index is 14.8. The number of aromatic nitrogens is 1. The molecule has 11 heteroatoms. The fourth-order valence-electron chi connectivity index (χ4n) is 5.78. The molecule has 8 nitrogen and oxygen atoms in total. The molecule has 1 fully saturated rings. The lowest BCUT2D eigenvalue weighted by Gasteiger charge is -2.44. The third-order valence-electron chi connectivity index (χ3n) is 9.51. The molecule has 0 saturated heterocycles. The molecule has 1 amide bonds. The normalized spacial score (nSPS) is 15.5. The topological polar surface area (TPSA) is 94.9 Å². The Hall–Kier alpha value is -3.70. The molecule has 0 aliphatic heterocycles. The Labute approximate surface area is 308 Å². The third-order valence-corrected chi connectivity index (χ3v) is 16.0. The van der Waals surface area contributed by atoms with Crippen LogP contribution in [0.25, 0.3) is 10.9 Å². The van der Waals surface area contributed by atoms with E-state index in [1.165, 1.54) is 10.0 Å². The molecular formula is C40H49ClN2O6SSi. The minimum Gasteiger partial charge on any atom is -0.457 e. The van der Waals surface area contributed by atoms with Gasteiger partial charge in [0.1, 0.15) is 11.6 Å². The Kier molecular flexibility index (Phi) is 11.1. The summed E-state index contributed by atoms with van der Waals surface area (Å²) >= 11 is 6.63. The zero-order valence-corrected chi connectivity index (χ0v) is 33.3. The molecule has 1 saturated carbocycles. The number of esters is 1. The molecule has 0 unspecified atom stereocenters. The average Bonchev–Trinajstić information content (AvgIpc) is 3.78. The maximum absolute atomic E-state index is 14.8. The maximum Gasteiger partial charge on any atom is 0.331 e. The van der Waals surface area contributed by atoms with E-state index in [-0.39, 0.29) is 15.9 Å². The van der Waals surface area contributed by atoms with E-state index in [0.717, 1.165) is 18.9 Å². The zero-order chi connectivity index (χ0) is 37.4. The number of benzene rings is 3. The Morgan fingerprint density at radius 3 is 2.18 bits per heavy atom. The van der Waals surface area contributed by atoms with Crippen LogP contribution in [-0.2, 0) is 28.8 Å². The van der Waals surface area contributed by atoms with Crippen LogP contribution >= 0.6 is 11.6 Å². The second-order valence-electron chi connectivity index (χ2n) is 15.8. The molecule has 4 aromatic rings. The van der Waals surface area contributed by atoms with Gasteiger partial charge in [0, 0.05) is 29.1 Å². The molecule has 51 heavy (non-hydrogen) atoms. The number of carbonyl (C=O) groups is 2. The highest BCUT2D eigenvalue weighted by Crippen LogP contribution is 2.48. The molecule has 0 N–H and O–H groups in total. The summed E-state index contributed by atoms with van der Waals surface area (Å²) in [6.45, 7) is 16.3. The Morgan fingerprint density at radius 2 is 1.57 bits per heavy atom. The summed E-state index contributed by atoms with van der Waals surface area (Å²) in [6.07, 6.45) is 3.37. The monoisotopic (exact) mass is 748 g/mol. The largest absolute Gasteiger partial charge is 0.457 e. The molecule has 0 radical (unpaired) electrons. The van der Waals surface area contributed by atoms with Crippen LogP contribution in [0.1, 0.15) is 77.8 Å². The van der Waals surface area contributed by atoms with E-state index in [0.29, 0.717) is 33.7 Å². The van der Waals surface area contributed by atoms with Crippen molar-refractivity contribution in [3.8, 4) is 0 Å². The minimum absolute atomic E-state index is 0.112. The second kappa shape index (κ2) is 14.7. The van der Waals surface area contributed by atoms with Crippen LogP contribution in [-0.4, -0.2) is 49.6 Å². The van der Waals surface area contributed by atoms with Crippen LogP contribution in [0.4, 0.5) is 0 Å². The van der Waals surface area contributed by atoms with Crippen LogP contribution in [0.2, 0.25) is 23.2 Å². The van der Waals surface area contributed by atoms with E-state index < -0.39 is 48.0 Å². The van der Waals surface area contributed by atoms with E-state index in [1.54, 1.807) is 74.2 Å². The number of amides is 1. The van der Waals surface area contributed by atoms with Gasteiger partial charge in [-0.2, -0.15) is 0 Å². The summed E-state index contributed by atoms with van der Waals surface area (Å²) in [7, 11) is -6.83. The number of fused-ring (bicyclic) bond motifs is 1. The first-order valence-corrected chi connectivity index (χ1v) is 22.1. The summed E-state index contributed by atoms with van der Waals surface area (Å²) in [5.41, 5.74) is 0.795. The van der Waals surface area contributed by atoms with Crippen LogP contribution < -0.4 is 0 Å². The fraction of sp³-hybridized carbons (Fsp3) is 0.400. The van der Waals surface area contributed by atoms with E-state index in [4.69, 9.17) is 20.8 Å². The summed E-state index contributed by atoms with van der Waals surface area (Å²) < 4.78 is 43.8.